The Kier molecular flexibility index (Phi) is 3.20. The van der Waals surface area contributed by atoms with Gasteiger partial charge in [0.15, 0.2) is 0 Å². The van der Waals surface area contributed by atoms with Crippen molar-refractivity contribution in [1.82, 2.24) is 9.97 Å². The van der Waals surface area contributed by atoms with Crippen molar-refractivity contribution in [3.8, 4) is 5.88 Å². The number of hydrogen-bond donors (Lipinski definition) is 1. The summed E-state index contributed by atoms with van der Waals surface area (Å²) in [6.45, 7) is 0.406. The van der Waals surface area contributed by atoms with Gasteiger partial charge in [-0.05, 0) is 12.1 Å². The predicted molar refractivity (Wildman–Crippen MR) is 72.1 cm³/mol. The van der Waals surface area contributed by atoms with Gasteiger partial charge in [0, 0.05) is 5.39 Å². The number of halogens is 1. The van der Waals surface area contributed by atoms with Gasteiger partial charge in [0.1, 0.15) is 11.3 Å². The first-order chi connectivity index (χ1) is 9.76. The van der Waals surface area contributed by atoms with Crippen LogP contribution in [0.5, 0.6) is 5.88 Å². The number of hydrogen-bond acceptors (Lipinski definition) is 5. The molecule has 0 saturated carbocycles. The van der Waals surface area contributed by atoms with E-state index in [1.165, 1.54) is 7.11 Å². The molecule has 3 aromatic rings. The fourth-order valence-corrected chi connectivity index (χ4v) is 1.87. The maximum absolute atomic E-state index is 13.2. The van der Waals surface area contributed by atoms with Crippen LogP contribution in [0.15, 0.2) is 40.9 Å². The van der Waals surface area contributed by atoms with E-state index in [1.54, 1.807) is 0 Å². The molecule has 0 radical (unpaired) electrons. The number of anilines is 1. The summed E-state index contributed by atoms with van der Waals surface area (Å²) in [5.41, 5.74) is 0.821. The molecule has 5 nitrogen and oxygen atoms in total. The number of rotatable bonds is 4. The molecule has 2 aromatic heterocycles. The summed E-state index contributed by atoms with van der Waals surface area (Å²) in [6.07, 6.45) is 1.06. The normalized spacial score (nSPS) is 10.7. The van der Waals surface area contributed by atoms with E-state index >= 15 is 0 Å². The van der Waals surface area contributed by atoms with Crippen LogP contribution in [0.3, 0.4) is 0 Å². The van der Waals surface area contributed by atoms with E-state index in [-0.39, 0.29) is 11.8 Å². The van der Waals surface area contributed by atoms with Crippen LogP contribution >= 0.6 is 0 Å². The molecular formula is C14H12FN3O2. The number of para-hydroxylation sites is 1. The summed E-state index contributed by atoms with van der Waals surface area (Å²) >= 11 is 0. The average molecular weight is 273 g/mol. The van der Waals surface area contributed by atoms with Crippen molar-refractivity contribution in [2.45, 2.75) is 6.54 Å². The first-order valence-electron chi connectivity index (χ1n) is 6.04. The van der Waals surface area contributed by atoms with E-state index in [0.29, 0.717) is 6.54 Å². The van der Waals surface area contributed by atoms with Crippen molar-refractivity contribution in [2.75, 3.05) is 12.4 Å². The second-order valence-electron chi connectivity index (χ2n) is 4.15. The number of ether oxygens (including phenoxy) is 1. The predicted octanol–water partition coefficient (Wildman–Crippen LogP) is 2.98. The first kappa shape index (κ1) is 12.4. The Balaban J connectivity index is 1.75. The zero-order valence-electron chi connectivity index (χ0n) is 10.8. The van der Waals surface area contributed by atoms with Gasteiger partial charge in [-0.2, -0.15) is 9.37 Å². The third-order valence-electron chi connectivity index (χ3n) is 2.80. The quantitative estimate of drug-likeness (QED) is 0.791. The molecule has 20 heavy (non-hydrogen) atoms. The van der Waals surface area contributed by atoms with Crippen molar-refractivity contribution >= 4 is 16.9 Å². The van der Waals surface area contributed by atoms with Gasteiger partial charge in [0.25, 0.3) is 5.88 Å². The van der Waals surface area contributed by atoms with Crippen molar-refractivity contribution in [3.63, 3.8) is 0 Å². The highest BCUT2D eigenvalue weighted by Gasteiger charge is 2.08. The number of furan rings is 1. The highest BCUT2D eigenvalue weighted by atomic mass is 19.1. The Morgan fingerprint density at radius 3 is 3.00 bits per heavy atom. The van der Waals surface area contributed by atoms with Crippen LogP contribution in [0.25, 0.3) is 11.0 Å². The average Bonchev–Trinajstić information content (AvgIpc) is 2.89. The van der Waals surface area contributed by atoms with Gasteiger partial charge in [-0.25, -0.2) is 4.98 Å². The minimum absolute atomic E-state index is 0.0906. The molecule has 0 aliphatic rings. The maximum Gasteiger partial charge on any atom is 0.255 e. The summed E-state index contributed by atoms with van der Waals surface area (Å²) < 4.78 is 23.6. The summed E-state index contributed by atoms with van der Waals surface area (Å²) in [4.78, 5) is 7.74. The van der Waals surface area contributed by atoms with Gasteiger partial charge in [0.2, 0.25) is 11.8 Å². The molecule has 6 heteroatoms. The fraction of sp³-hybridized carbons (Fsp3) is 0.143. The highest BCUT2D eigenvalue weighted by Crippen LogP contribution is 2.20. The topological polar surface area (TPSA) is 60.2 Å². The van der Waals surface area contributed by atoms with E-state index in [9.17, 15) is 4.39 Å². The lowest BCUT2D eigenvalue weighted by molar-refractivity contribution is 0.367. The third kappa shape index (κ3) is 2.40. The van der Waals surface area contributed by atoms with Gasteiger partial charge in [0.05, 0.1) is 19.9 Å². The van der Waals surface area contributed by atoms with Crippen molar-refractivity contribution in [2.24, 2.45) is 0 Å². The molecule has 0 fully saturated rings. The van der Waals surface area contributed by atoms with Gasteiger partial charge < -0.3 is 14.5 Å². The SMILES string of the molecule is COc1nc(NCc2cc3ccccc3o2)ncc1F. The molecule has 0 spiro atoms. The molecule has 0 aliphatic carbocycles. The molecule has 0 unspecified atom stereocenters. The molecule has 3 rings (SSSR count). The van der Waals surface area contributed by atoms with E-state index < -0.39 is 5.82 Å². The third-order valence-corrected chi connectivity index (χ3v) is 2.80. The summed E-state index contributed by atoms with van der Waals surface area (Å²) in [5, 5.41) is 3.99. The molecule has 1 aromatic carbocycles. The molecule has 102 valence electrons. The summed E-state index contributed by atoms with van der Waals surface area (Å²) in [5.74, 6) is 0.343. The molecule has 0 bridgehead atoms. The zero-order valence-corrected chi connectivity index (χ0v) is 10.8. The van der Waals surface area contributed by atoms with Crippen LogP contribution in [0, 0.1) is 5.82 Å². The van der Waals surface area contributed by atoms with E-state index in [1.807, 2.05) is 30.3 Å². The summed E-state index contributed by atoms with van der Waals surface area (Å²) in [7, 11) is 1.36. The molecule has 0 amide bonds. The van der Waals surface area contributed by atoms with E-state index in [0.717, 1.165) is 22.9 Å². The van der Waals surface area contributed by atoms with Crippen molar-refractivity contribution in [3.05, 3.63) is 48.1 Å². The second kappa shape index (κ2) is 5.16. The van der Waals surface area contributed by atoms with E-state index in [2.05, 4.69) is 15.3 Å². The Morgan fingerprint density at radius 2 is 2.20 bits per heavy atom. The van der Waals surface area contributed by atoms with Crippen LogP contribution in [0.1, 0.15) is 5.76 Å². The number of benzene rings is 1. The monoisotopic (exact) mass is 273 g/mol. The second-order valence-corrected chi connectivity index (χ2v) is 4.15. The Morgan fingerprint density at radius 1 is 1.35 bits per heavy atom. The minimum Gasteiger partial charge on any atom is -0.479 e. The zero-order chi connectivity index (χ0) is 13.9. The highest BCUT2D eigenvalue weighted by molar-refractivity contribution is 5.77. The summed E-state index contributed by atoms with van der Waals surface area (Å²) in [6, 6.07) is 9.67. The minimum atomic E-state index is -0.596. The van der Waals surface area contributed by atoms with Crippen LogP contribution in [-0.2, 0) is 6.54 Å². The first-order valence-corrected chi connectivity index (χ1v) is 6.04. The molecule has 1 N–H and O–H groups in total. The van der Waals surface area contributed by atoms with Crippen LogP contribution in [0.4, 0.5) is 10.3 Å². The number of nitrogens with zero attached hydrogens (tertiary/aromatic N) is 2. The lowest BCUT2D eigenvalue weighted by Crippen LogP contribution is -2.04. The van der Waals surface area contributed by atoms with Gasteiger partial charge >= 0.3 is 0 Å². The molecule has 0 aliphatic heterocycles. The number of methoxy groups -OCH3 is 1. The largest absolute Gasteiger partial charge is 0.479 e. The number of fused-ring (bicyclic) bond motifs is 1. The van der Waals surface area contributed by atoms with E-state index in [4.69, 9.17) is 9.15 Å². The lowest BCUT2D eigenvalue weighted by Gasteiger charge is -2.04. The standard InChI is InChI=1S/C14H12FN3O2/c1-19-13-11(15)8-17-14(18-13)16-7-10-6-9-4-2-3-5-12(9)20-10/h2-6,8H,7H2,1H3,(H,16,17,18). The number of nitrogens with one attached hydrogen (secondary N) is 1. The van der Waals surface area contributed by atoms with Crippen LogP contribution < -0.4 is 10.1 Å². The van der Waals surface area contributed by atoms with Crippen molar-refractivity contribution < 1.29 is 13.5 Å². The number of aromatic nitrogens is 2. The Hall–Kier alpha value is -2.63. The Bertz CT molecular complexity index is 709. The van der Waals surface area contributed by atoms with Crippen LogP contribution in [-0.4, -0.2) is 17.1 Å². The molecular weight excluding hydrogens is 261 g/mol. The fourth-order valence-electron chi connectivity index (χ4n) is 1.87. The van der Waals surface area contributed by atoms with Crippen molar-refractivity contribution in [1.29, 1.82) is 0 Å². The maximum atomic E-state index is 13.2. The van der Waals surface area contributed by atoms with Gasteiger partial charge in [-0.15, -0.1) is 0 Å². The molecule has 0 atom stereocenters. The van der Waals surface area contributed by atoms with Crippen LogP contribution in [0.2, 0.25) is 0 Å². The lowest BCUT2D eigenvalue weighted by atomic mass is 10.2. The smallest absolute Gasteiger partial charge is 0.255 e. The van der Waals surface area contributed by atoms with Gasteiger partial charge in [-0.3, -0.25) is 0 Å². The van der Waals surface area contributed by atoms with Gasteiger partial charge in [-0.1, -0.05) is 18.2 Å². The molecule has 2 heterocycles. The Labute approximate surface area is 114 Å². The molecule has 0 saturated heterocycles.